The first-order valence-electron chi connectivity index (χ1n) is 6.66. The van der Waals surface area contributed by atoms with Crippen LogP contribution in [0.15, 0.2) is 11.6 Å². The largest absolute Gasteiger partial charge is 0.312 e. The summed E-state index contributed by atoms with van der Waals surface area (Å²) in [4.78, 5) is 0. The summed E-state index contributed by atoms with van der Waals surface area (Å²) >= 11 is 0. The van der Waals surface area contributed by atoms with Gasteiger partial charge in [0.15, 0.2) is 0 Å². The van der Waals surface area contributed by atoms with Gasteiger partial charge in [-0.3, -0.25) is 0 Å². The van der Waals surface area contributed by atoms with Crippen LogP contribution in [-0.4, -0.2) is 24.7 Å². The van der Waals surface area contributed by atoms with Gasteiger partial charge < -0.3 is 10.6 Å². The summed E-state index contributed by atoms with van der Waals surface area (Å²) < 4.78 is 0. The van der Waals surface area contributed by atoms with Crippen LogP contribution in [0.5, 0.6) is 0 Å². The second-order valence-electron chi connectivity index (χ2n) is 5.48. The lowest BCUT2D eigenvalue weighted by molar-refractivity contribution is 0.221. The lowest BCUT2D eigenvalue weighted by Crippen LogP contribution is -2.49. The van der Waals surface area contributed by atoms with E-state index in [2.05, 4.69) is 51.3 Å². The van der Waals surface area contributed by atoms with Gasteiger partial charge >= 0.3 is 0 Å². The first-order chi connectivity index (χ1) is 7.51. The Morgan fingerprint density at radius 3 is 2.56 bits per heavy atom. The van der Waals surface area contributed by atoms with E-state index in [1.807, 2.05) is 0 Å². The fraction of sp³-hybridized carbons (Fsp3) is 0.857. The second-order valence-corrected chi connectivity index (χ2v) is 5.48. The average Bonchev–Trinajstić information content (AvgIpc) is 2.21. The molecular formula is C14H28N2. The van der Waals surface area contributed by atoms with E-state index in [0.717, 1.165) is 19.0 Å². The van der Waals surface area contributed by atoms with Gasteiger partial charge in [0.2, 0.25) is 0 Å². The Bertz CT molecular complexity index is 243. The molecule has 0 unspecified atom stereocenters. The van der Waals surface area contributed by atoms with E-state index in [0.29, 0.717) is 6.04 Å². The molecule has 1 aliphatic rings. The van der Waals surface area contributed by atoms with E-state index in [9.17, 15) is 0 Å². The summed E-state index contributed by atoms with van der Waals surface area (Å²) in [7, 11) is 0. The third-order valence-electron chi connectivity index (χ3n) is 3.90. The van der Waals surface area contributed by atoms with Crippen molar-refractivity contribution in [1.82, 2.24) is 10.6 Å². The molecule has 2 atom stereocenters. The molecule has 0 fully saturated rings. The van der Waals surface area contributed by atoms with Crippen LogP contribution in [0.3, 0.4) is 0 Å². The topological polar surface area (TPSA) is 24.1 Å². The highest BCUT2D eigenvalue weighted by molar-refractivity contribution is 5.14. The minimum Gasteiger partial charge on any atom is -0.312 e. The fourth-order valence-corrected chi connectivity index (χ4v) is 2.72. The smallest absolute Gasteiger partial charge is 0.0280 e. The molecule has 0 aromatic carbocycles. The van der Waals surface area contributed by atoms with Crippen molar-refractivity contribution in [3.63, 3.8) is 0 Å². The lowest BCUT2D eigenvalue weighted by atomic mass is 9.75. The minimum absolute atomic E-state index is 0.250. The van der Waals surface area contributed by atoms with Crippen LogP contribution in [-0.2, 0) is 0 Å². The van der Waals surface area contributed by atoms with Crippen LogP contribution in [0.25, 0.3) is 0 Å². The molecule has 0 bridgehead atoms. The normalized spacial score (nSPS) is 26.7. The maximum Gasteiger partial charge on any atom is 0.0280 e. The molecule has 1 aliphatic carbocycles. The zero-order valence-electron chi connectivity index (χ0n) is 11.6. The van der Waals surface area contributed by atoms with Crippen LogP contribution in [0, 0.1) is 5.92 Å². The Labute approximate surface area is 101 Å². The summed E-state index contributed by atoms with van der Waals surface area (Å²) in [5, 5.41) is 7.19. The van der Waals surface area contributed by atoms with Gasteiger partial charge in [0.25, 0.3) is 0 Å². The highest BCUT2D eigenvalue weighted by atomic mass is 15.0. The standard InChI is InChI=1S/C14H28N2/c1-6-15-13-10-12(9-8-11(13)3)14(4,5)16-7-2/h8,12-13,15-16H,6-7,9-10H2,1-5H3/t12-,13+/m1/s1. The summed E-state index contributed by atoms with van der Waals surface area (Å²) in [5.74, 6) is 0.736. The van der Waals surface area contributed by atoms with E-state index >= 15 is 0 Å². The summed E-state index contributed by atoms with van der Waals surface area (Å²) in [6.07, 6.45) is 4.89. The van der Waals surface area contributed by atoms with Crippen molar-refractivity contribution in [2.24, 2.45) is 5.92 Å². The third-order valence-corrected chi connectivity index (χ3v) is 3.90. The zero-order chi connectivity index (χ0) is 12.2. The van der Waals surface area contributed by atoms with Gasteiger partial charge in [-0.1, -0.05) is 25.5 Å². The number of hydrogen-bond acceptors (Lipinski definition) is 2. The predicted octanol–water partition coefficient (Wildman–Crippen LogP) is 2.71. The van der Waals surface area contributed by atoms with E-state index in [4.69, 9.17) is 0 Å². The molecule has 0 aliphatic heterocycles. The SMILES string of the molecule is CCN[C@H]1C[C@H](C(C)(C)NCC)CC=C1C. The number of likely N-dealkylation sites (N-methyl/N-ethyl adjacent to an activating group) is 1. The summed E-state index contributed by atoms with van der Waals surface area (Å²) in [6.45, 7) is 13.4. The van der Waals surface area contributed by atoms with Crippen LogP contribution in [0.4, 0.5) is 0 Å². The third kappa shape index (κ3) is 3.33. The molecule has 0 radical (unpaired) electrons. The van der Waals surface area contributed by atoms with Crippen LogP contribution in [0.1, 0.15) is 47.5 Å². The van der Waals surface area contributed by atoms with Gasteiger partial charge in [0.05, 0.1) is 0 Å². The van der Waals surface area contributed by atoms with Gasteiger partial charge in [-0.05, 0) is 52.6 Å². The molecule has 2 N–H and O–H groups in total. The molecule has 1 rings (SSSR count). The van der Waals surface area contributed by atoms with E-state index in [1.54, 1.807) is 0 Å². The molecule has 0 aromatic rings. The highest BCUT2D eigenvalue weighted by Gasteiger charge is 2.32. The molecule has 16 heavy (non-hydrogen) atoms. The zero-order valence-corrected chi connectivity index (χ0v) is 11.6. The molecule has 0 heterocycles. The van der Waals surface area contributed by atoms with E-state index < -0.39 is 0 Å². The maximum absolute atomic E-state index is 3.61. The Kier molecular flexibility index (Phi) is 5.00. The molecule has 2 heteroatoms. The lowest BCUT2D eigenvalue weighted by Gasteiger charge is -2.40. The summed E-state index contributed by atoms with van der Waals surface area (Å²) in [6, 6.07) is 0.585. The van der Waals surface area contributed by atoms with E-state index in [-0.39, 0.29) is 5.54 Å². The quantitative estimate of drug-likeness (QED) is 0.702. The molecule has 94 valence electrons. The number of allylic oxidation sites excluding steroid dienone is 1. The Balaban J connectivity index is 2.65. The molecule has 0 saturated heterocycles. The molecular weight excluding hydrogens is 196 g/mol. The molecule has 0 amide bonds. The first kappa shape index (κ1) is 13.7. The molecule has 0 spiro atoms. The van der Waals surface area contributed by atoms with Crippen molar-refractivity contribution >= 4 is 0 Å². The van der Waals surface area contributed by atoms with Gasteiger partial charge in [0, 0.05) is 11.6 Å². The monoisotopic (exact) mass is 224 g/mol. The van der Waals surface area contributed by atoms with Gasteiger partial charge in [-0.15, -0.1) is 0 Å². The number of hydrogen-bond donors (Lipinski definition) is 2. The van der Waals surface area contributed by atoms with Crippen molar-refractivity contribution in [3.05, 3.63) is 11.6 Å². The van der Waals surface area contributed by atoms with Crippen LogP contribution >= 0.6 is 0 Å². The Hall–Kier alpha value is -0.340. The second kappa shape index (κ2) is 5.83. The van der Waals surface area contributed by atoms with Crippen molar-refractivity contribution in [2.45, 2.75) is 59.0 Å². The highest BCUT2D eigenvalue weighted by Crippen LogP contribution is 2.31. The number of nitrogens with one attached hydrogen (secondary N) is 2. The fourth-order valence-electron chi connectivity index (χ4n) is 2.72. The van der Waals surface area contributed by atoms with Crippen LogP contribution in [0.2, 0.25) is 0 Å². The number of rotatable bonds is 5. The van der Waals surface area contributed by atoms with Crippen LogP contribution < -0.4 is 10.6 Å². The molecule has 2 nitrogen and oxygen atoms in total. The Morgan fingerprint density at radius 2 is 2.00 bits per heavy atom. The molecule has 0 aromatic heterocycles. The molecule has 0 saturated carbocycles. The van der Waals surface area contributed by atoms with Crippen molar-refractivity contribution in [1.29, 1.82) is 0 Å². The van der Waals surface area contributed by atoms with Crippen molar-refractivity contribution < 1.29 is 0 Å². The van der Waals surface area contributed by atoms with E-state index in [1.165, 1.54) is 18.4 Å². The van der Waals surface area contributed by atoms with Gasteiger partial charge in [0.1, 0.15) is 0 Å². The van der Waals surface area contributed by atoms with Crippen molar-refractivity contribution in [3.8, 4) is 0 Å². The van der Waals surface area contributed by atoms with Gasteiger partial charge in [-0.25, -0.2) is 0 Å². The first-order valence-corrected chi connectivity index (χ1v) is 6.66. The van der Waals surface area contributed by atoms with Gasteiger partial charge in [-0.2, -0.15) is 0 Å². The minimum atomic E-state index is 0.250. The maximum atomic E-state index is 3.61. The predicted molar refractivity (Wildman–Crippen MR) is 71.7 cm³/mol. The summed E-state index contributed by atoms with van der Waals surface area (Å²) in [5.41, 5.74) is 1.77. The van der Waals surface area contributed by atoms with Crippen molar-refractivity contribution in [2.75, 3.05) is 13.1 Å². The average molecular weight is 224 g/mol. The Morgan fingerprint density at radius 1 is 1.31 bits per heavy atom.